The number of hydrogen-bond acceptors (Lipinski definition) is 5. The predicted octanol–water partition coefficient (Wildman–Crippen LogP) is 1.32. The van der Waals surface area contributed by atoms with Crippen molar-refractivity contribution >= 4 is 0 Å². The molecule has 0 bridgehead atoms. The zero-order chi connectivity index (χ0) is 12.8. The highest BCUT2D eigenvalue weighted by atomic mass is 16.5. The molecule has 0 radical (unpaired) electrons. The van der Waals surface area contributed by atoms with Crippen LogP contribution < -0.4 is 5.32 Å². The Hall–Kier alpha value is -1.69. The van der Waals surface area contributed by atoms with Crippen LogP contribution in [0.3, 0.4) is 0 Å². The van der Waals surface area contributed by atoms with Gasteiger partial charge in [0.2, 0.25) is 5.89 Å². The van der Waals surface area contributed by atoms with Gasteiger partial charge in [0.1, 0.15) is 5.82 Å². The summed E-state index contributed by atoms with van der Waals surface area (Å²) in [5.74, 6) is 2.43. The highest BCUT2D eigenvalue weighted by Gasteiger charge is 2.03. The molecule has 0 saturated carbocycles. The lowest BCUT2D eigenvalue weighted by Crippen LogP contribution is -2.19. The number of nitrogens with one attached hydrogen (secondary N) is 1. The predicted molar refractivity (Wildman–Crippen MR) is 67.0 cm³/mol. The smallest absolute Gasteiger partial charge is 0.227 e. The van der Waals surface area contributed by atoms with Gasteiger partial charge in [-0.1, -0.05) is 12.1 Å². The number of nitrogens with zero attached hydrogens (tertiary/aromatic N) is 4. The van der Waals surface area contributed by atoms with Crippen molar-refractivity contribution in [3.05, 3.63) is 29.9 Å². The highest BCUT2D eigenvalue weighted by molar-refractivity contribution is 4.92. The Morgan fingerprint density at radius 2 is 2.33 bits per heavy atom. The molecule has 0 aromatic carbocycles. The van der Waals surface area contributed by atoms with E-state index in [-0.39, 0.29) is 0 Å². The van der Waals surface area contributed by atoms with Crippen molar-refractivity contribution in [2.45, 2.75) is 39.8 Å². The largest absolute Gasteiger partial charge is 0.339 e. The Kier molecular flexibility index (Phi) is 4.46. The lowest BCUT2D eigenvalue weighted by molar-refractivity contribution is 0.372. The summed E-state index contributed by atoms with van der Waals surface area (Å²) in [5, 5.41) is 7.09. The summed E-state index contributed by atoms with van der Waals surface area (Å²) in [7, 11) is 0. The quantitative estimate of drug-likeness (QED) is 0.749. The molecule has 2 aromatic rings. The average Bonchev–Trinajstić information content (AvgIpc) is 2.95. The first-order valence-corrected chi connectivity index (χ1v) is 6.29. The summed E-state index contributed by atoms with van der Waals surface area (Å²) in [6.07, 6.45) is 5.72. The Balaban J connectivity index is 1.73. The van der Waals surface area contributed by atoms with E-state index in [1.54, 1.807) is 0 Å². The fourth-order valence-corrected chi connectivity index (χ4v) is 1.79. The first-order chi connectivity index (χ1) is 8.79. The van der Waals surface area contributed by atoms with Crippen molar-refractivity contribution in [2.24, 2.45) is 0 Å². The fraction of sp³-hybridized carbons (Fsp3) is 0.583. The molecule has 2 heterocycles. The molecule has 0 aliphatic carbocycles. The first-order valence-electron chi connectivity index (χ1n) is 6.29. The molecule has 2 aromatic heterocycles. The summed E-state index contributed by atoms with van der Waals surface area (Å²) >= 11 is 0. The van der Waals surface area contributed by atoms with Crippen LogP contribution in [0.15, 0.2) is 16.9 Å². The van der Waals surface area contributed by atoms with Crippen molar-refractivity contribution in [1.29, 1.82) is 0 Å². The standard InChI is InChI=1S/C12H19N5O/c1-3-7-17-8-6-14-11(17)9-13-5-4-12-15-10(2)16-18-12/h6,8,13H,3-5,7,9H2,1-2H3. The lowest BCUT2D eigenvalue weighted by atomic mass is 10.4. The maximum Gasteiger partial charge on any atom is 0.227 e. The number of hydrogen-bond donors (Lipinski definition) is 1. The zero-order valence-corrected chi connectivity index (χ0v) is 10.9. The third-order valence-corrected chi connectivity index (χ3v) is 2.63. The topological polar surface area (TPSA) is 68.8 Å². The minimum absolute atomic E-state index is 0.678. The zero-order valence-electron chi connectivity index (χ0n) is 10.9. The normalized spacial score (nSPS) is 11.0. The SMILES string of the molecule is CCCn1ccnc1CNCCc1nc(C)no1. The number of aryl methyl sites for hydroxylation is 2. The van der Waals surface area contributed by atoms with Gasteiger partial charge in [0.05, 0.1) is 6.54 Å². The Morgan fingerprint density at radius 1 is 1.44 bits per heavy atom. The summed E-state index contributed by atoms with van der Waals surface area (Å²) in [6, 6.07) is 0. The van der Waals surface area contributed by atoms with Crippen LogP contribution >= 0.6 is 0 Å². The van der Waals surface area contributed by atoms with Crippen LogP contribution in [0.4, 0.5) is 0 Å². The number of aromatic nitrogens is 4. The van der Waals surface area contributed by atoms with E-state index in [4.69, 9.17) is 4.52 Å². The molecule has 6 nitrogen and oxygen atoms in total. The minimum atomic E-state index is 0.678. The van der Waals surface area contributed by atoms with E-state index >= 15 is 0 Å². The Bertz CT molecular complexity index is 476. The molecule has 18 heavy (non-hydrogen) atoms. The summed E-state index contributed by atoms with van der Waals surface area (Å²) in [6.45, 7) is 6.57. The van der Waals surface area contributed by atoms with Gasteiger partial charge in [-0.25, -0.2) is 4.98 Å². The molecule has 0 aliphatic rings. The van der Waals surface area contributed by atoms with Crippen LogP contribution in [0.2, 0.25) is 0 Å². The summed E-state index contributed by atoms with van der Waals surface area (Å²) in [4.78, 5) is 8.49. The number of imidazole rings is 1. The van der Waals surface area contributed by atoms with E-state index in [2.05, 4.69) is 31.9 Å². The van der Waals surface area contributed by atoms with Crippen LogP contribution in [0, 0.1) is 6.92 Å². The highest BCUT2D eigenvalue weighted by Crippen LogP contribution is 2.00. The van der Waals surface area contributed by atoms with E-state index in [1.165, 1.54) is 0 Å². The van der Waals surface area contributed by atoms with Crippen LogP contribution in [-0.4, -0.2) is 26.2 Å². The van der Waals surface area contributed by atoms with Gasteiger partial charge < -0.3 is 14.4 Å². The van der Waals surface area contributed by atoms with Gasteiger partial charge in [0, 0.05) is 31.9 Å². The summed E-state index contributed by atoms with van der Waals surface area (Å²) < 4.78 is 7.21. The van der Waals surface area contributed by atoms with Gasteiger partial charge in [-0.3, -0.25) is 0 Å². The van der Waals surface area contributed by atoms with Crippen molar-refractivity contribution in [1.82, 2.24) is 25.0 Å². The van der Waals surface area contributed by atoms with Gasteiger partial charge >= 0.3 is 0 Å². The van der Waals surface area contributed by atoms with Crippen LogP contribution in [0.5, 0.6) is 0 Å². The third-order valence-electron chi connectivity index (χ3n) is 2.63. The summed E-state index contributed by atoms with van der Waals surface area (Å²) in [5.41, 5.74) is 0. The second kappa shape index (κ2) is 6.30. The number of rotatable bonds is 7. The molecule has 0 saturated heterocycles. The fourth-order valence-electron chi connectivity index (χ4n) is 1.79. The van der Waals surface area contributed by atoms with E-state index in [1.807, 2.05) is 19.3 Å². The molecular formula is C12H19N5O. The van der Waals surface area contributed by atoms with Crippen LogP contribution in [0.1, 0.15) is 30.9 Å². The van der Waals surface area contributed by atoms with E-state index in [0.29, 0.717) is 11.7 Å². The van der Waals surface area contributed by atoms with Crippen LogP contribution in [-0.2, 0) is 19.5 Å². The van der Waals surface area contributed by atoms with Gasteiger partial charge in [0.15, 0.2) is 5.82 Å². The van der Waals surface area contributed by atoms with E-state index in [0.717, 1.165) is 38.3 Å². The van der Waals surface area contributed by atoms with Gasteiger partial charge in [-0.15, -0.1) is 0 Å². The second-order valence-electron chi connectivity index (χ2n) is 4.20. The monoisotopic (exact) mass is 249 g/mol. The molecular weight excluding hydrogens is 230 g/mol. The first kappa shape index (κ1) is 12.8. The maximum atomic E-state index is 5.04. The van der Waals surface area contributed by atoms with Crippen molar-refractivity contribution in [2.75, 3.05) is 6.54 Å². The molecule has 0 spiro atoms. The maximum absolute atomic E-state index is 5.04. The van der Waals surface area contributed by atoms with E-state index in [9.17, 15) is 0 Å². The Labute approximate surface area is 106 Å². The lowest BCUT2D eigenvalue weighted by Gasteiger charge is -2.06. The second-order valence-corrected chi connectivity index (χ2v) is 4.20. The molecule has 2 rings (SSSR count). The van der Waals surface area contributed by atoms with E-state index < -0.39 is 0 Å². The molecule has 0 atom stereocenters. The average molecular weight is 249 g/mol. The third kappa shape index (κ3) is 3.40. The molecule has 6 heteroatoms. The Morgan fingerprint density at radius 3 is 3.06 bits per heavy atom. The molecule has 0 unspecified atom stereocenters. The van der Waals surface area contributed by atoms with Crippen molar-refractivity contribution in [3.8, 4) is 0 Å². The molecule has 0 aliphatic heterocycles. The van der Waals surface area contributed by atoms with Gasteiger partial charge in [-0.05, 0) is 13.3 Å². The van der Waals surface area contributed by atoms with Crippen molar-refractivity contribution in [3.63, 3.8) is 0 Å². The molecule has 1 N–H and O–H groups in total. The molecule has 0 amide bonds. The molecule has 0 fully saturated rings. The van der Waals surface area contributed by atoms with Crippen molar-refractivity contribution < 1.29 is 4.52 Å². The molecule has 98 valence electrons. The van der Waals surface area contributed by atoms with Gasteiger partial charge in [-0.2, -0.15) is 4.98 Å². The minimum Gasteiger partial charge on any atom is -0.339 e. The van der Waals surface area contributed by atoms with Crippen LogP contribution in [0.25, 0.3) is 0 Å². The van der Waals surface area contributed by atoms with Gasteiger partial charge in [0.25, 0.3) is 0 Å².